The number of nitrogens with one attached hydrogen (secondary N) is 2. The van der Waals surface area contributed by atoms with Gasteiger partial charge in [0, 0.05) is 17.5 Å². The van der Waals surface area contributed by atoms with Crippen molar-refractivity contribution >= 4 is 44.0 Å². The van der Waals surface area contributed by atoms with Gasteiger partial charge in [0.2, 0.25) is 5.13 Å². The van der Waals surface area contributed by atoms with Crippen molar-refractivity contribution in [3.05, 3.63) is 63.6 Å². The molecule has 1 aromatic heterocycles. The van der Waals surface area contributed by atoms with Crippen LogP contribution in [0.15, 0.2) is 47.4 Å². The Morgan fingerprint density at radius 2 is 1.94 bits per heavy atom. The predicted molar refractivity (Wildman–Crippen MR) is 123 cm³/mol. The number of rotatable bonds is 9. The predicted octanol–water partition coefficient (Wildman–Crippen LogP) is 3.85. The van der Waals surface area contributed by atoms with E-state index in [1.807, 2.05) is 0 Å². The van der Waals surface area contributed by atoms with E-state index in [1.54, 1.807) is 30.3 Å². The normalized spacial score (nSPS) is 13.6. The number of carbonyl (C=O) groups is 1. The van der Waals surface area contributed by atoms with Gasteiger partial charge < -0.3 is 10.1 Å². The highest BCUT2D eigenvalue weighted by molar-refractivity contribution is 7.93. The first-order chi connectivity index (χ1) is 15.4. The topological polar surface area (TPSA) is 110 Å². The third-order valence-corrected chi connectivity index (χ3v) is 7.65. The van der Waals surface area contributed by atoms with E-state index in [2.05, 4.69) is 20.2 Å². The molecule has 4 rings (SSSR count). The fourth-order valence-electron chi connectivity index (χ4n) is 3.05. The number of nitrogens with zero attached hydrogens (tertiary/aromatic N) is 2. The molecule has 1 heterocycles. The van der Waals surface area contributed by atoms with Crippen molar-refractivity contribution in [2.24, 2.45) is 0 Å². The van der Waals surface area contributed by atoms with E-state index >= 15 is 0 Å². The van der Waals surface area contributed by atoms with Crippen molar-refractivity contribution in [3.63, 3.8) is 0 Å². The summed E-state index contributed by atoms with van der Waals surface area (Å²) in [6, 6.07) is 11.3. The van der Waals surface area contributed by atoms with E-state index in [0.717, 1.165) is 23.4 Å². The molecule has 168 valence electrons. The number of ether oxygens (including phenoxy) is 1. The van der Waals surface area contributed by atoms with E-state index < -0.39 is 10.0 Å². The SMILES string of the molecule is COc1ccc(Cl)cc1C(=O)NCCc1ccc(S(=O)(=O)Nc2nnc(C3CC3)s2)cc1. The molecule has 1 aliphatic carbocycles. The van der Waals surface area contributed by atoms with Gasteiger partial charge in [-0.2, -0.15) is 0 Å². The van der Waals surface area contributed by atoms with Crippen LogP contribution in [0.3, 0.4) is 0 Å². The van der Waals surface area contributed by atoms with Crippen molar-refractivity contribution in [3.8, 4) is 5.75 Å². The first kappa shape index (κ1) is 22.5. The Morgan fingerprint density at radius 3 is 2.62 bits per heavy atom. The summed E-state index contributed by atoms with van der Waals surface area (Å²) in [4.78, 5) is 12.6. The number of halogens is 1. The van der Waals surface area contributed by atoms with E-state index in [1.165, 1.54) is 30.6 Å². The van der Waals surface area contributed by atoms with Gasteiger partial charge in [-0.25, -0.2) is 8.42 Å². The summed E-state index contributed by atoms with van der Waals surface area (Å²) in [5.74, 6) is 0.564. The second-order valence-electron chi connectivity index (χ2n) is 7.32. The summed E-state index contributed by atoms with van der Waals surface area (Å²) in [6.45, 7) is 0.369. The van der Waals surface area contributed by atoms with Crippen LogP contribution in [0, 0.1) is 0 Å². The minimum atomic E-state index is -3.74. The van der Waals surface area contributed by atoms with Gasteiger partial charge in [0.05, 0.1) is 17.6 Å². The third kappa shape index (κ3) is 5.37. The Kier molecular flexibility index (Phi) is 6.63. The summed E-state index contributed by atoms with van der Waals surface area (Å²) >= 11 is 7.25. The van der Waals surface area contributed by atoms with Crippen LogP contribution in [0.4, 0.5) is 5.13 Å². The van der Waals surface area contributed by atoms with Gasteiger partial charge in [-0.15, -0.1) is 10.2 Å². The molecule has 0 spiro atoms. The smallest absolute Gasteiger partial charge is 0.263 e. The number of hydrogen-bond donors (Lipinski definition) is 2. The lowest BCUT2D eigenvalue weighted by Crippen LogP contribution is -2.26. The van der Waals surface area contributed by atoms with Gasteiger partial charge in [-0.1, -0.05) is 35.1 Å². The van der Waals surface area contributed by atoms with Gasteiger partial charge in [-0.3, -0.25) is 9.52 Å². The highest BCUT2D eigenvalue weighted by atomic mass is 35.5. The fourth-order valence-corrected chi connectivity index (χ4v) is 5.37. The number of amides is 1. The van der Waals surface area contributed by atoms with Crippen molar-refractivity contribution in [2.75, 3.05) is 18.4 Å². The van der Waals surface area contributed by atoms with Gasteiger partial charge in [-0.05, 0) is 55.2 Å². The molecule has 11 heteroatoms. The average molecular weight is 493 g/mol. The van der Waals surface area contributed by atoms with Crippen LogP contribution in [0.2, 0.25) is 5.02 Å². The van der Waals surface area contributed by atoms with Crippen LogP contribution in [0.1, 0.15) is 39.7 Å². The lowest BCUT2D eigenvalue weighted by atomic mass is 10.1. The maximum absolute atomic E-state index is 12.6. The van der Waals surface area contributed by atoms with Crippen molar-refractivity contribution in [1.82, 2.24) is 15.5 Å². The molecular formula is C21H21ClN4O4S2. The quantitative estimate of drug-likeness (QED) is 0.469. The maximum Gasteiger partial charge on any atom is 0.263 e. The monoisotopic (exact) mass is 492 g/mol. The minimum absolute atomic E-state index is 0.136. The van der Waals surface area contributed by atoms with Crippen LogP contribution in [0.5, 0.6) is 5.75 Å². The molecular weight excluding hydrogens is 472 g/mol. The van der Waals surface area contributed by atoms with Crippen LogP contribution in [-0.4, -0.2) is 38.2 Å². The first-order valence-corrected chi connectivity index (χ1v) is 12.6. The molecule has 0 saturated heterocycles. The molecule has 2 N–H and O–H groups in total. The van der Waals surface area contributed by atoms with Crippen LogP contribution in [0.25, 0.3) is 0 Å². The molecule has 8 nitrogen and oxygen atoms in total. The van der Waals surface area contributed by atoms with E-state index in [0.29, 0.717) is 35.2 Å². The highest BCUT2D eigenvalue weighted by Gasteiger charge is 2.28. The van der Waals surface area contributed by atoms with Crippen molar-refractivity contribution < 1.29 is 17.9 Å². The van der Waals surface area contributed by atoms with Gasteiger partial charge >= 0.3 is 0 Å². The Balaban J connectivity index is 1.33. The maximum atomic E-state index is 12.6. The lowest BCUT2D eigenvalue weighted by Gasteiger charge is -2.10. The number of hydrogen-bond acceptors (Lipinski definition) is 7. The minimum Gasteiger partial charge on any atom is -0.496 e. The number of methoxy groups -OCH3 is 1. The molecule has 32 heavy (non-hydrogen) atoms. The van der Waals surface area contributed by atoms with Crippen LogP contribution >= 0.6 is 22.9 Å². The zero-order chi connectivity index (χ0) is 22.7. The third-order valence-electron chi connectivity index (χ3n) is 4.93. The molecule has 1 fully saturated rings. The van der Waals surface area contributed by atoms with Crippen molar-refractivity contribution in [1.29, 1.82) is 0 Å². The highest BCUT2D eigenvalue weighted by Crippen LogP contribution is 2.42. The summed E-state index contributed by atoms with van der Waals surface area (Å²) < 4.78 is 32.9. The molecule has 2 aromatic carbocycles. The van der Waals surface area contributed by atoms with E-state index in [-0.39, 0.29) is 15.9 Å². The number of anilines is 1. The molecule has 1 amide bonds. The Hall–Kier alpha value is -2.69. The molecule has 1 aliphatic rings. The summed E-state index contributed by atoms with van der Waals surface area (Å²) in [7, 11) is -2.25. The van der Waals surface area contributed by atoms with Gasteiger partial charge in [0.25, 0.3) is 15.9 Å². The Morgan fingerprint density at radius 1 is 1.19 bits per heavy atom. The molecule has 0 radical (unpaired) electrons. The summed E-state index contributed by atoms with van der Waals surface area (Å²) in [5, 5.41) is 12.4. The van der Waals surface area contributed by atoms with E-state index in [4.69, 9.17) is 16.3 Å². The fraction of sp³-hybridized carbons (Fsp3) is 0.286. The Bertz CT molecular complexity index is 1220. The number of sulfonamides is 1. The molecule has 0 aliphatic heterocycles. The summed E-state index contributed by atoms with van der Waals surface area (Å²) in [6.07, 6.45) is 2.69. The second kappa shape index (κ2) is 9.43. The zero-order valence-corrected chi connectivity index (χ0v) is 19.6. The molecule has 0 atom stereocenters. The van der Waals surface area contributed by atoms with Gasteiger partial charge in [0.1, 0.15) is 10.8 Å². The first-order valence-electron chi connectivity index (χ1n) is 9.92. The number of benzene rings is 2. The number of aromatic nitrogens is 2. The van der Waals surface area contributed by atoms with Crippen molar-refractivity contribution in [2.45, 2.75) is 30.1 Å². The number of carbonyl (C=O) groups excluding carboxylic acids is 1. The zero-order valence-electron chi connectivity index (χ0n) is 17.2. The summed E-state index contributed by atoms with van der Waals surface area (Å²) in [5.41, 5.74) is 1.24. The lowest BCUT2D eigenvalue weighted by molar-refractivity contribution is 0.0951. The Labute approximate surface area is 195 Å². The molecule has 0 unspecified atom stereocenters. The van der Waals surface area contributed by atoms with E-state index in [9.17, 15) is 13.2 Å². The van der Waals surface area contributed by atoms with Gasteiger partial charge in [0.15, 0.2) is 0 Å². The average Bonchev–Trinajstić information content (AvgIpc) is 3.53. The van der Waals surface area contributed by atoms with Crippen LogP contribution < -0.4 is 14.8 Å². The molecule has 3 aromatic rings. The molecule has 1 saturated carbocycles. The standard InChI is InChI=1S/C21H21ClN4O4S2/c1-30-18-9-6-15(22)12-17(18)19(27)23-11-10-13-2-7-16(8-3-13)32(28,29)26-21-25-24-20(31-21)14-4-5-14/h2-3,6-9,12,14H,4-5,10-11H2,1H3,(H,23,27)(H,25,26). The largest absolute Gasteiger partial charge is 0.496 e. The second-order valence-corrected chi connectivity index (χ2v) is 10.4. The van der Waals surface area contributed by atoms with Crippen LogP contribution in [-0.2, 0) is 16.4 Å². The molecule has 0 bridgehead atoms.